The van der Waals surface area contributed by atoms with Gasteiger partial charge < -0.3 is 50.0 Å². The summed E-state index contributed by atoms with van der Waals surface area (Å²) in [5.41, 5.74) is 7.31. The van der Waals surface area contributed by atoms with Crippen LogP contribution in [0.15, 0.2) is 64.0 Å². The van der Waals surface area contributed by atoms with E-state index in [9.17, 15) is 19.2 Å². The summed E-state index contributed by atoms with van der Waals surface area (Å²) in [4.78, 5) is 65.6. The van der Waals surface area contributed by atoms with Crippen molar-refractivity contribution in [3.05, 3.63) is 70.9 Å². The largest absolute Gasteiger partial charge is 0.497 e. The van der Waals surface area contributed by atoms with E-state index >= 15 is 0 Å². The van der Waals surface area contributed by atoms with Gasteiger partial charge in [-0.3, -0.25) is 19.2 Å². The van der Waals surface area contributed by atoms with Gasteiger partial charge in [-0.2, -0.15) is 0 Å². The zero-order valence-electron chi connectivity index (χ0n) is 40.7. The number of aliphatic hydroxyl groups is 1. The highest BCUT2D eigenvalue weighted by molar-refractivity contribution is 7.14. The highest BCUT2D eigenvalue weighted by atomic mass is 32.1. The second kappa shape index (κ2) is 35.3. The first-order valence-corrected chi connectivity index (χ1v) is 23.0. The van der Waals surface area contributed by atoms with Crippen LogP contribution in [0.4, 0.5) is 5.13 Å². The molecular weight excluding hydrogens is 863 g/mol. The molecule has 2 aliphatic carbocycles. The third kappa shape index (κ3) is 24.9. The van der Waals surface area contributed by atoms with E-state index in [4.69, 9.17) is 29.5 Å². The minimum atomic E-state index is -0.504. The number of allylic oxidation sites excluding steroid dienone is 1. The quantitative estimate of drug-likeness (QED) is 0.0545. The monoisotopic (exact) mass is 938 g/mol. The lowest BCUT2D eigenvalue weighted by molar-refractivity contribution is -0.137. The smallest absolute Gasteiger partial charge is 0.242 e. The number of ether oxygens (including phenoxy) is 2. The maximum absolute atomic E-state index is 12.3. The summed E-state index contributed by atoms with van der Waals surface area (Å²) >= 11 is 1.52. The predicted octanol–water partition coefficient (Wildman–Crippen LogP) is 8.15. The number of aromatic amines is 1. The molecule has 17 heteroatoms. The fourth-order valence-electron chi connectivity index (χ4n) is 6.03. The Morgan fingerprint density at radius 2 is 1.76 bits per heavy atom. The van der Waals surface area contributed by atoms with Gasteiger partial charge in [-0.15, -0.1) is 17.9 Å². The zero-order valence-corrected chi connectivity index (χ0v) is 41.5. The Labute approximate surface area is 395 Å². The van der Waals surface area contributed by atoms with Crippen molar-refractivity contribution in [1.29, 1.82) is 0 Å². The van der Waals surface area contributed by atoms with Crippen LogP contribution in [0.5, 0.6) is 5.75 Å². The van der Waals surface area contributed by atoms with Gasteiger partial charge in [0.1, 0.15) is 31.0 Å². The molecule has 6 N–H and O–H groups in total. The molecule has 0 spiro atoms. The number of pyridine rings is 1. The second-order valence-electron chi connectivity index (χ2n) is 16.1. The Kier molecular flexibility index (Phi) is 32.1. The predicted molar refractivity (Wildman–Crippen MR) is 265 cm³/mol. The van der Waals surface area contributed by atoms with Crippen molar-refractivity contribution in [3.8, 4) is 29.2 Å². The number of likely N-dealkylation sites (tertiary alicyclic amines) is 1. The molecule has 0 bridgehead atoms. The number of nitrogens with one attached hydrogen (secondary N) is 3. The molecule has 3 fully saturated rings. The molecule has 16 nitrogen and oxygen atoms in total. The van der Waals surface area contributed by atoms with Crippen molar-refractivity contribution in [2.45, 2.75) is 125 Å². The van der Waals surface area contributed by atoms with Gasteiger partial charge in [0, 0.05) is 55.9 Å². The number of oxazole rings is 1. The number of aromatic nitrogens is 3. The first kappa shape index (κ1) is 60.0. The van der Waals surface area contributed by atoms with Crippen LogP contribution in [0.3, 0.4) is 0 Å². The lowest BCUT2D eigenvalue weighted by atomic mass is 10.1. The summed E-state index contributed by atoms with van der Waals surface area (Å²) in [7, 11) is 3.41. The molecule has 3 unspecified atom stereocenters. The number of hydrogen-bond donors (Lipinski definition) is 5. The number of fused-ring (bicyclic) bond motifs is 1. The molecule has 66 heavy (non-hydrogen) atoms. The maximum atomic E-state index is 12.3. The number of anilines is 1. The van der Waals surface area contributed by atoms with E-state index in [2.05, 4.69) is 79.6 Å². The highest BCUT2D eigenvalue weighted by Gasteiger charge is 2.32. The molecule has 2 saturated carbocycles. The van der Waals surface area contributed by atoms with E-state index in [1.54, 1.807) is 57.9 Å². The molecule has 7 rings (SSSR count). The molecular formula is C49H75N7O9S. The minimum absolute atomic E-state index is 0.0298. The third-order valence-corrected chi connectivity index (χ3v) is 10.2. The number of carbonyl (C=O) groups excluding carboxylic acids is 4. The number of thiazole rings is 1. The number of rotatable bonds is 11. The van der Waals surface area contributed by atoms with Crippen LogP contribution in [0.2, 0.25) is 0 Å². The molecule has 3 atom stereocenters. The SMILES string of the molecule is C=CC1CC1C.C=O.CC#CO.CC(C)C.CCc1ncco1.COC1CCCC1.COc1ccc2c(=O)cc(-c3csc(NC(C)C)n3)[nH]c2c1.NC(=O)C1CCCN1C(=O)CNC=O. The maximum Gasteiger partial charge on any atom is 0.242 e. The number of hydrogen-bond acceptors (Lipinski definition) is 13. The van der Waals surface area contributed by atoms with E-state index < -0.39 is 11.9 Å². The van der Waals surface area contributed by atoms with Crippen LogP contribution in [0, 0.1) is 29.8 Å². The van der Waals surface area contributed by atoms with Crippen LogP contribution in [-0.2, 0) is 30.3 Å². The molecule has 1 aliphatic heterocycles. The Morgan fingerprint density at radius 3 is 2.18 bits per heavy atom. The van der Waals surface area contributed by atoms with Crippen LogP contribution in [-0.4, -0.2) is 95.5 Å². The molecule has 1 aromatic carbocycles. The number of aliphatic hydroxyl groups excluding tert-OH is 1. The number of aryl methyl sites for hydroxylation is 1. The summed E-state index contributed by atoms with van der Waals surface area (Å²) < 4.78 is 15.2. The van der Waals surface area contributed by atoms with Gasteiger partial charge in [-0.05, 0) is 75.8 Å². The molecule has 3 amide bonds. The number of primary amides is 1. The van der Waals surface area contributed by atoms with Crippen molar-refractivity contribution in [3.63, 3.8) is 0 Å². The van der Waals surface area contributed by atoms with Crippen molar-refractivity contribution < 1.29 is 38.2 Å². The molecule has 4 aromatic rings. The molecule has 1 saturated heterocycles. The molecule has 3 aliphatic rings. The Morgan fingerprint density at radius 1 is 1.12 bits per heavy atom. The van der Waals surface area contributed by atoms with E-state index in [0.717, 1.165) is 52.8 Å². The summed E-state index contributed by atoms with van der Waals surface area (Å²) in [5, 5.41) is 16.5. The van der Waals surface area contributed by atoms with E-state index in [0.29, 0.717) is 48.4 Å². The van der Waals surface area contributed by atoms with Gasteiger partial charge in [-0.1, -0.05) is 59.5 Å². The van der Waals surface area contributed by atoms with Crippen molar-refractivity contribution >= 4 is 52.4 Å². The van der Waals surface area contributed by atoms with E-state index in [1.165, 1.54) is 48.3 Å². The molecule has 0 radical (unpaired) electrons. The van der Waals surface area contributed by atoms with E-state index in [-0.39, 0.29) is 17.9 Å². The van der Waals surface area contributed by atoms with Crippen molar-refractivity contribution in [2.24, 2.45) is 23.5 Å². The lowest BCUT2D eigenvalue weighted by Gasteiger charge is -2.21. The van der Waals surface area contributed by atoms with Gasteiger partial charge in [0.05, 0.1) is 42.9 Å². The number of benzene rings is 1. The standard InChI is InChI=1S/C16H17N3O2S.C8H13N3O3.C6H12O.C6H10.C5H7NO.C4H10.C3H4O.CH2O/c1-9(2)17-16-19-14(8-22-16)13-7-15(20)11-5-4-10(21-3)6-12(11)18-13;9-8(14)6-2-1-3-11(6)7(13)4-10-5-12;1-7-6-4-2-3-5-6;1-3-6-4-5(6)2;1-2-5-6-3-4-7-5;1-4(2)3;1-2-3-4;1-2/h4-9H,1-3H3,(H,17,19)(H,18,20);5-6H,1-4H2,(H2,9,14)(H,10,12);6H,2-5H2,1H3;3,5-6H,1,4H2,2H3;3-4H,2H2,1H3;4H,1-3H3;4H,1H3;1H2. The van der Waals surface area contributed by atoms with Crippen LogP contribution in [0.25, 0.3) is 22.3 Å². The first-order chi connectivity index (χ1) is 31.6. The highest BCUT2D eigenvalue weighted by Crippen LogP contribution is 2.38. The van der Waals surface area contributed by atoms with Gasteiger partial charge in [0.25, 0.3) is 0 Å². The normalized spacial score (nSPS) is 16.2. The van der Waals surface area contributed by atoms with Crippen molar-refractivity contribution in [2.75, 3.05) is 32.6 Å². The van der Waals surface area contributed by atoms with Crippen molar-refractivity contribution in [1.82, 2.24) is 25.2 Å². The van der Waals surface area contributed by atoms with Gasteiger partial charge in [0.15, 0.2) is 16.5 Å². The first-order valence-electron chi connectivity index (χ1n) is 22.2. The van der Waals surface area contributed by atoms with E-state index in [1.807, 2.05) is 31.2 Å². The van der Waals surface area contributed by atoms with Gasteiger partial charge >= 0.3 is 0 Å². The Bertz CT molecular complexity index is 2060. The summed E-state index contributed by atoms with van der Waals surface area (Å²) in [5.74, 6) is 5.65. The number of H-pyrrole nitrogens is 1. The lowest BCUT2D eigenvalue weighted by Crippen LogP contribution is -2.46. The summed E-state index contributed by atoms with van der Waals surface area (Å²) in [6, 6.07) is 6.77. The van der Waals surface area contributed by atoms with Crippen LogP contribution < -0.4 is 26.5 Å². The van der Waals surface area contributed by atoms with Crippen LogP contribution >= 0.6 is 11.3 Å². The second-order valence-corrected chi connectivity index (χ2v) is 16.9. The topological polar surface area (TPSA) is 232 Å². The average molecular weight is 938 g/mol. The molecule has 366 valence electrons. The number of amides is 3. The molecule has 3 aromatic heterocycles. The number of methoxy groups -OCH3 is 2. The third-order valence-electron chi connectivity index (χ3n) is 9.48. The van der Waals surface area contributed by atoms with Crippen LogP contribution in [0.1, 0.15) is 106 Å². The summed E-state index contributed by atoms with van der Waals surface area (Å²) in [6.07, 6.45) is 17.0. The fourth-order valence-corrected chi connectivity index (χ4v) is 6.89. The average Bonchev–Trinajstić information content (AvgIpc) is 3.99. The Hall–Kier alpha value is -5.99. The number of nitrogens with two attached hydrogens (primary N) is 1. The minimum Gasteiger partial charge on any atom is -0.497 e. The van der Waals surface area contributed by atoms with Gasteiger partial charge in [0.2, 0.25) is 18.2 Å². The van der Waals surface area contributed by atoms with Gasteiger partial charge in [-0.25, -0.2) is 9.97 Å². The Balaban J connectivity index is 0.000000822. The molecule has 4 heterocycles. The fraction of sp³-hybridized carbons (Fsp3) is 0.531. The number of nitrogens with zero attached hydrogens (tertiary/aromatic N) is 3. The zero-order chi connectivity index (χ0) is 50.0. The summed E-state index contributed by atoms with van der Waals surface area (Å²) in [6.45, 7) is 22.6. The number of carbonyl (C=O) groups is 4.